The maximum absolute atomic E-state index is 14.1. The van der Waals surface area contributed by atoms with Crippen molar-refractivity contribution in [3.63, 3.8) is 0 Å². The fraction of sp³-hybridized carbons (Fsp3) is 0.303. The summed E-state index contributed by atoms with van der Waals surface area (Å²) in [7, 11) is 1.58. The monoisotopic (exact) mass is 664 g/mol. The Bertz CT molecular complexity index is 1860. The molecule has 3 heterocycles. The van der Waals surface area contributed by atoms with Crippen LogP contribution >= 0.6 is 46.3 Å². The van der Waals surface area contributed by atoms with Gasteiger partial charge in [-0.3, -0.25) is 19.3 Å². The van der Waals surface area contributed by atoms with E-state index < -0.39 is 5.92 Å². The van der Waals surface area contributed by atoms with E-state index in [-0.39, 0.29) is 51.5 Å². The second-order valence-corrected chi connectivity index (χ2v) is 14.8. The molecule has 44 heavy (non-hydrogen) atoms. The minimum atomic E-state index is -0.409. The highest BCUT2D eigenvalue weighted by Gasteiger charge is 2.69. The number of methoxy groups -OCH3 is 1. The van der Waals surface area contributed by atoms with Crippen molar-refractivity contribution in [2.75, 3.05) is 12.0 Å². The van der Waals surface area contributed by atoms with Gasteiger partial charge in [-0.1, -0.05) is 46.7 Å². The first kappa shape index (κ1) is 28.2. The molecule has 4 aliphatic rings. The number of imide groups is 1. The van der Waals surface area contributed by atoms with E-state index >= 15 is 0 Å². The Balaban J connectivity index is 1.18. The molecule has 2 aliphatic heterocycles. The molecule has 7 atom stereocenters. The van der Waals surface area contributed by atoms with Gasteiger partial charge in [-0.2, -0.15) is 0 Å². The zero-order valence-electron chi connectivity index (χ0n) is 23.4. The topological polar surface area (TPSA) is 88.7 Å². The standard InChI is InChI=1S/C33H26Cl2N2O5S2/c1-41-19-9-7-18(8-10-19)37-31(38)26-21-13-22(27(26)32(37)39)28-25(21)24(29-30(43-28)36-33(40)44-29)20-12-17(35)6-11-23(20)42-14-15-2-4-16(34)5-3-15/h2-12,21-22,24-28H,13-14H2,1H3,(H,36,40)/t21-,22-,24?,25?,26?,27?,28?/m1/s1. The van der Waals surface area contributed by atoms with E-state index in [9.17, 15) is 14.4 Å². The summed E-state index contributed by atoms with van der Waals surface area (Å²) < 4.78 is 11.7. The van der Waals surface area contributed by atoms with Gasteiger partial charge < -0.3 is 14.5 Å². The van der Waals surface area contributed by atoms with E-state index in [1.54, 1.807) is 49.2 Å². The van der Waals surface area contributed by atoms with Crippen LogP contribution in [-0.2, 0) is 16.2 Å². The molecule has 1 N–H and O–H groups in total. The van der Waals surface area contributed by atoms with Crippen LogP contribution in [-0.4, -0.2) is 29.2 Å². The summed E-state index contributed by atoms with van der Waals surface area (Å²) in [6.07, 6.45) is 0.794. The molecule has 0 radical (unpaired) electrons. The van der Waals surface area contributed by atoms with E-state index in [1.807, 2.05) is 36.4 Å². The van der Waals surface area contributed by atoms with Gasteiger partial charge in [-0.25, -0.2) is 0 Å². The van der Waals surface area contributed by atoms with E-state index in [0.717, 1.165) is 27.5 Å². The molecule has 8 rings (SSSR count). The lowest BCUT2D eigenvalue weighted by Crippen LogP contribution is -2.42. The number of fused-ring (bicyclic) bond motifs is 9. The molecule has 2 bridgehead atoms. The van der Waals surface area contributed by atoms with E-state index in [0.29, 0.717) is 33.8 Å². The number of thioether (sulfide) groups is 1. The molecule has 11 heteroatoms. The van der Waals surface area contributed by atoms with Crippen molar-refractivity contribution in [2.24, 2.45) is 29.6 Å². The molecule has 7 nitrogen and oxygen atoms in total. The van der Waals surface area contributed by atoms with Crippen molar-refractivity contribution in [1.29, 1.82) is 0 Å². The molecule has 5 unspecified atom stereocenters. The third-order valence-corrected chi connectivity index (χ3v) is 12.7. The number of anilines is 1. The van der Waals surface area contributed by atoms with Crippen LogP contribution in [0.1, 0.15) is 28.3 Å². The number of thiazole rings is 1. The van der Waals surface area contributed by atoms with Crippen molar-refractivity contribution < 1.29 is 19.1 Å². The molecule has 4 aromatic rings. The second-order valence-electron chi connectivity index (χ2n) is 11.8. The molecule has 1 saturated heterocycles. The predicted molar refractivity (Wildman–Crippen MR) is 171 cm³/mol. The van der Waals surface area contributed by atoms with E-state index in [2.05, 4.69) is 4.98 Å². The van der Waals surface area contributed by atoms with Crippen LogP contribution in [0, 0.1) is 29.6 Å². The van der Waals surface area contributed by atoms with Gasteiger partial charge in [0.25, 0.3) is 0 Å². The van der Waals surface area contributed by atoms with Gasteiger partial charge in [0, 0.05) is 31.7 Å². The van der Waals surface area contributed by atoms with Crippen LogP contribution in [0.2, 0.25) is 10.0 Å². The van der Waals surface area contributed by atoms with Crippen LogP contribution in [0.15, 0.2) is 76.6 Å². The van der Waals surface area contributed by atoms with Crippen LogP contribution in [0.3, 0.4) is 0 Å². The lowest BCUT2D eigenvalue weighted by Gasteiger charge is -2.43. The molecule has 0 spiro atoms. The number of hydrogen-bond acceptors (Lipinski definition) is 7. The van der Waals surface area contributed by atoms with E-state index in [1.165, 1.54) is 16.2 Å². The summed E-state index contributed by atoms with van der Waals surface area (Å²) in [4.78, 5) is 46.0. The average Bonchev–Trinajstić information content (AvgIpc) is 3.76. The fourth-order valence-corrected chi connectivity index (χ4v) is 11.2. The largest absolute Gasteiger partial charge is 0.497 e. The Labute approximate surface area is 271 Å². The quantitative estimate of drug-likeness (QED) is 0.223. The van der Waals surface area contributed by atoms with Gasteiger partial charge >= 0.3 is 4.87 Å². The van der Waals surface area contributed by atoms with E-state index in [4.69, 9.17) is 32.7 Å². The lowest BCUT2D eigenvalue weighted by atomic mass is 9.68. The lowest BCUT2D eigenvalue weighted by molar-refractivity contribution is -0.123. The Morgan fingerprint density at radius 3 is 2.34 bits per heavy atom. The van der Waals surface area contributed by atoms with Crippen LogP contribution in [0.25, 0.3) is 0 Å². The summed E-state index contributed by atoms with van der Waals surface area (Å²) >= 11 is 15.6. The zero-order chi connectivity index (χ0) is 30.3. The molecule has 1 aromatic heterocycles. The van der Waals surface area contributed by atoms with Gasteiger partial charge in [-0.05, 0) is 84.3 Å². The maximum Gasteiger partial charge on any atom is 0.305 e. The minimum absolute atomic E-state index is 0.0105. The number of carbonyl (C=O) groups excluding carboxylic acids is 2. The Kier molecular flexibility index (Phi) is 6.86. The Morgan fingerprint density at radius 2 is 1.61 bits per heavy atom. The van der Waals surface area contributed by atoms with Crippen molar-refractivity contribution >= 4 is 63.8 Å². The number of aromatic nitrogens is 1. The van der Waals surface area contributed by atoms with Gasteiger partial charge in [0.1, 0.15) is 18.1 Å². The number of nitrogens with one attached hydrogen (secondary N) is 1. The first-order valence-electron chi connectivity index (χ1n) is 14.4. The summed E-state index contributed by atoms with van der Waals surface area (Å²) in [6, 6.07) is 20.2. The van der Waals surface area contributed by atoms with Crippen LogP contribution < -0.4 is 19.2 Å². The predicted octanol–water partition coefficient (Wildman–Crippen LogP) is 7.01. The molecular weight excluding hydrogens is 639 g/mol. The number of ether oxygens (including phenoxy) is 2. The van der Waals surface area contributed by atoms with Gasteiger partial charge in [0.05, 0.1) is 29.7 Å². The summed E-state index contributed by atoms with van der Waals surface area (Å²) in [5, 5.41) is 2.11. The van der Waals surface area contributed by atoms with Gasteiger partial charge in [0.2, 0.25) is 11.8 Å². The number of nitrogens with zero attached hydrogens (tertiary/aromatic N) is 1. The number of H-pyrrole nitrogens is 1. The molecule has 224 valence electrons. The molecule has 3 fully saturated rings. The number of benzene rings is 3. The average molecular weight is 666 g/mol. The van der Waals surface area contributed by atoms with Crippen molar-refractivity contribution in [3.05, 3.63) is 102 Å². The molecular formula is C33H26Cl2N2O5S2. The zero-order valence-corrected chi connectivity index (χ0v) is 26.5. The smallest absolute Gasteiger partial charge is 0.305 e. The highest BCUT2D eigenvalue weighted by molar-refractivity contribution is 8.00. The Morgan fingerprint density at radius 1 is 0.909 bits per heavy atom. The number of aromatic amines is 1. The van der Waals surface area contributed by atoms with Crippen LogP contribution in [0.4, 0.5) is 5.69 Å². The van der Waals surface area contributed by atoms with Gasteiger partial charge in [-0.15, -0.1) is 11.8 Å². The molecule has 2 saturated carbocycles. The Hall–Kier alpha value is -3.24. The van der Waals surface area contributed by atoms with Crippen molar-refractivity contribution in [2.45, 2.75) is 29.2 Å². The van der Waals surface area contributed by atoms with Crippen molar-refractivity contribution in [1.82, 2.24) is 4.98 Å². The molecule has 3 aromatic carbocycles. The minimum Gasteiger partial charge on any atom is -0.497 e. The van der Waals surface area contributed by atoms with Gasteiger partial charge in [0.15, 0.2) is 0 Å². The third-order valence-electron chi connectivity index (χ3n) is 9.67. The first-order valence-corrected chi connectivity index (χ1v) is 16.9. The summed E-state index contributed by atoms with van der Waals surface area (Å²) in [5.41, 5.74) is 2.43. The highest BCUT2D eigenvalue weighted by atomic mass is 35.5. The highest BCUT2D eigenvalue weighted by Crippen LogP contribution is 2.69. The van der Waals surface area contributed by atoms with Crippen molar-refractivity contribution in [3.8, 4) is 11.5 Å². The number of carbonyl (C=O) groups is 2. The number of hydrogen-bond donors (Lipinski definition) is 1. The number of rotatable bonds is 6. The third kappa shape index (κ3) is 4.35. The fourth-order valence-electron chi connectivity index (χ4n) is 7.99. The first-order chi connectivity index (χ1) is 21.3. The molecule has 2 aliphatic carbocycles. The SMILES string of the molecule is COc1ccc(N2C(=O)C3C(C2=O)[C@@H]2C[C@H]3C3Sc4[nH]c(=O)sc4C(c4cc(Cl)ccc4OCc4ccc(Cl)cc4)C32)cc1. The second kappa shape index (κ2) is 10.7. The summed E-state index contributed by atoms with van der Waals surface area (Å²) in [6.45, 7) is 0.332. The summed E-state index contributed by atoms with van der Waals surface area (Å²) in [5.74, 6) is 0.0728. The normalized spacial score (nSPS) is 28.2. The number of amides is 2. The maximum atomic E-state index is 14.1. The van der Waals surface area contributed by atoms with Crippen LogP contribution in [0.5, 0.6) is 11.5 Å². The number of halogens is 2. The molecule has 2 amide bonds.